The van der Waals surface area contributed by atoms with Crippen molar-refractivity contribution in [3.8, 4) is 0 Å². The summed E-state index contributed by atoms with van der Waals surface area (Å²) in [6, 6.07) is 7.86. The number of Topliss-reactive ketones (excluding diaryl/α,β-unsaturated/α-hetero) is 1. The molecule has 1 atom stereocenters. The molecule has 0 radical (unpaired) electrons. The molecule has 1 aliphatic heterocycles. The lowest BCUT2D eigenvalue weighted by Crippen LogP contribution is -2.50. The van der Waals surface area contributed by atoms with E-state index in [4.69, 9.17) is 16.7 Å². The molecule has 7 heteroatoms. The van der Waals surface area contributed by atoms with Crippen molar-refractivity contribution in [3.63, 3.8) is 0 Å². The number of hydrogen-bond acceptors (Lipinski definition) is 4. The van der Waals surface area contributed by atoms with Crippen LogP contribution in [0.3, 0.4) is 0 Å². The molecule has 0 aromatic heterocycles. The minimum atomic E-state index is -1.12. The monoisotopic (exact) mass is 364 g/mol. The lowest BCUT2D eigenvalue weighted by Gasteiger charge is -2.34. The van der Waals surface area contributed by atoms with Crippen LogP contribution in [0.4, 0.5) is 0 Å². The van der Waals surface area contributed by atoms with Gasteiger partial charge in [0.25, 0.3) is 0 Å². The van der Waals surface area contributed by atoms with Gasteiger partial charge in [0.05, 0.1) is 0 Å². The van der Waals surface area contributed by atoms with E-state index in [0.717, 1.165) is 19.4 Å². The Morgan fingerprint density at radius 2 is 1.96 bits per heavy atom. The van der Waals surface area contributed by atoms with Gasteiger partial charge in [-0.2, -0.15) is 0 Å². The smallest absolute Gasteiger partial charge is 0.322 e. The molecule has 1 saturated heterocycles. The Morgan fingerprint density at radius 1 is 1.28 bits per heavy atom. The van der Waals surface area contributed by atoms with E-state index < -0.39 is 24.3 Å². The van der Waals surface area contributed by atoms with E-state index in [1.165, 1.54) is 5.56 Å². The van der Waals surface area contributed by atoms with Crippen LogP contribution in [-0.4, -0.2) is 53.8 Å². The first-order valence-electron chi connectivity index (χ1n) is 8.40. The highest BCUT2D eigenvalue weighted by Gasteiger charge is 2.46. The Kier molecular flexibility index (Phi) is 5.11. The number of benzene rings is 1. The first-order chi connectivity index (χ1) is 11.9. The number of carbonyl (C=O) groups excluding carboxylic acids is 2. The zero-order valence-corrected chi connectivity index (χ0v) is 14.6. The number of aliphatic carboxylic acids is 1. The van der Waals surface area contributed by atoms with Crippen molar-refractivity contribution in [1.82, 2.24) is 10.2 Å². The summed E-state index contributed by atoms with van der Waals surface area (Å²) in [5, 5.41) is 11.7. The largest absolute Gasteiger partial charge is 0.480 e. The van der Waals surface area contributed by atoms with Gasteiger partial charge in [-0.1, -0.05) is 23.7 Å². The van der Waals surface area contributed by atoms with Crippen LogP contribution in [0.2, 0.25) is 5.02 Å². The van der Waals surface area contributed by atoms with Crippen LogP contribution in [0, 0.1) is 5.92 Å². The molecule has 2 aliphatic rings. The zero-order chi connectivity index (χ0) is 18.0. The molecule has 2 N–H and O–H groups in total. The molecule has 2 fully saturated rings. The number of carboxylic acids is 1. The quantitative estimate of drug-likeness (QED) is 0.746. The van der Waals surface area contributed by atoms with Gasteiger partial charge in [0.2, 0.25) is 5.91 Å². The number of carboxylic acid groups (broad SMARTS) is 1. The summed E-state index contributed by atoms with van der Waals surface area (Å²) in [7, 11) is 0. The summed E-state index contributed by atoms with van der Waals surface area (Å²) in [5.74, 6) is -2.51. The number of ketones is 1. The molecule has 1 unspecified atom stereocenters. The maximum atomic E-state index is 12.1. The van der Waals surface area contributed by atoms with E-state index in [1.54, 1.807) is 0 Å². The van der Waals surface area contributed by atoms with Gasteiger partial charge in [-0.3, -0.25) is 14.4 Å². The number of hydrogen-bond donors (Lipinski definition) is 2. The minimum absolute atomic E-state index is 0.0765. The topological polar surface area (TPSA) is 86.7 Å². The molecule has 1 aromatic rings. The Morgan fingerprint density at radius 3 is 2.56 bits per heavy atom. The minimum Gasteiger partial charge on any atom is -0.480 e. The van der Waals surface area contributed by atoms with Crippen molar-refractivity contribution in [2.75, 3.05) is 26.2 Å². The van der Waals surface area contributed by atoms with Gasteiger partial charge >= 0.3 is 5.97 Å². The molecule has 1 saturated carbocycles. The summed E-state index contributed by atoms with van der Waals surface area (Å²) in [4.78, 5) is 36.9. The summed E-state index contributed by atoms with van der Waals surface area (Å²) in [6.45, 7) is 1.32. The van der Waals surface area contributed by atoms with Crippen LogP contribution < -0.4 is 5.32 Å². The van der Waals surface area contributed by atoms with E-state index >= 15 is 0 Å². The van der Waals surface area contributed by atoms with Crippen molar-refractivity contribution in [2.45, 2.75) is 24.7 Å². The second-order valence-corrected chi connectivity index (χ2v) is 7.34. The Bertz CT molecular complexity index is 685. The number of halogens is 1. The highest BCUT2D eigenvalue weighted by molar-refractivity contribution is 6.30. The fraction of sp³-hybridized carbons (Fsp3) is 0.500. The molecular weight excluding hydrogens is 344 g/mol. The molecule has 1 heterocycles. The van der Waals surface area contributed by atoms with Gasteiger partial charge < -0.3 is 15.3 Å². The number of rotatable bonds is 6. The van der Waals surface area contributed by atoms with Crippen LogP contribution in [-0.2, 0) is 19.8 Å². The standard InChI is InChI=1S/C18H21ClN2O4/c19-13-3-1-12(2-4-13)18(6-7-18)11-21-8-5-15(22)14(10-21)17(25)20-9-16(23)24/h1-4,14H,5-11H2,(H,20,25)(H,23,24). The fourth-order valence-electron chi connectivity index (χ4n) is 3.47. The number of nitrogens with one attached hydrogen (secondary N) is 1. The zero-order valence-electron chi connectivity index (χ0n) is 13.8. The normalized spacial score (nSPS) is 22.4. The highest BCUT2D eigenvalue weighted by atomic mass is 35.5. The van der Waals surface area contributed by atoms with Crippen LogP contribution in [0.1, 0.15) is 24.8 Å². The molecule has 25 heavy (non-hydrogen) atoms. The van der Waals surface area contributed by atoms with Gasteiger partial charge in [0.1, 0.15) is 18.2 Å². The van der Waals surface area contributed by atoms with E-state index in [-0.39, 0.29) is 11.2 Å². The predicted octanol–water partition coefficient (Wildman–Crippen LogP) is 1.46. The van der Waals surface area contributed by atoms with Gasteiger partial charge in [0, 0.05) is 36.5 Å². The van der Waals surface area contributed by atoms with E-state index in [1.807, 2.05) is 24.3 Å². The van der Waals surface area contributed by atoms with Crippen molar-refractivity contribution in [2.24, 2.45) is 5.92 Å². The van der Waals surface area contributed by atoms with Gasteiger partial charge in [-0.25, -0.2) is 0 Å². The molecule has 1 aromatic carbocycles. The molecule has 0 spiro atoms. The summed E-state index contributed by atoms with van der Waals surface area (Å²) < 4.78 is 0. The van der Waals surface area contributed by atoms with Gasteiger partial charge in [0.15, 0.2) is 0 Å². The summed E-state index contributed by atoms with van der Waals surface area (Å²) in [5.41, 5.74) is 1.31. The third kappa shape index (κ3) is 4.19. The lowest BCUT2D eigenvalue weighted by molar-refractivity contribution is -0.142. The number of piperidine rings is 1. The summed E-state index contributed by atoms with van der Waals surface area (Å²) >= 11 is 5.96. The van der Waals surface area contributed by atoms with Crippen molar-refractivity contribution in [3.05, 3.63) is 34.9 Å². The molecule has 3 rings (SSSR count). The average molecular weight is 365 g/mol. The summed E-state index contributed by atoms with van der Waals surface area (Å²) in [6.07, 6.45) is 2.48. The third-order valence-corrected chi connectivity index (χ3v) is 5.32. The molecule has 1 amide bonds. The van der Waals surface area contributed by atoms with Crippen LogP contribution >= 0.6 is 11.6 Å². The maximum Gasteiger partial charge on any atom is 0.322 e. The van der Waals surface area contributed by atoms with Crippen molar-refractivity contribution in [1.29, 1.82) is 0 Å². The predicted molar refractivity (Wildman–Crippen MR) is 92.6 cm³/mol. The molecule has 134 valence electrons. The number of carbonyl (C=O) groups is 3. The first-order valence-corrected chi connectivity index (χ1v) is 8.78. The van der Waals surface area contributed by atoms with E-state index in [2.05, 4.69) is 10.2 Å². The van der Waals surface area contributed by atoms with Gasteiger partial charge in [-0.15, -0.1) is 0 Å². The van der Waals surface area contributed by atoms with Crippen molar-refractivity contribution < 1.29 is 19.5 Å². The average Bonchev–Trinajstić information content (AvgIpc) is 3.35. The molecule has 0 bridgehead atoms. The second-order valence-electron chi connectivity index (χ2n) is 6.90. The second kappa shape index (κ2) is 7.14. The number of amides is 1. The molecule has 1 aliphatic carbocycles. The van der Waals surface area contributed by atoms with E-state index in [9.17, 15) is 14.4 Å². The maximum absolute atomic E-state index is 12.1. The fourth-order valence-corrected chi connectivity index (χ4v) is 3.60. The van der Waals surface area contributed by atoms with Gasteiger partial charge in [-0.05, 0) is 30.5 Å². The highest BCUT2D eigenvalue weighted by Crippen LogP contribution is 2.49. The number of likely N-dealkylation sites (tertiary alicyclic amines) is 1. The molecular formula is C18H21ClN2O4. The van der Waals surface area contributed by atoms with Crippen LogP contribution in [0.15, 0.2) is 24.3 Å². The Balaban J connectivity index is 1.63. The van der Waals surface area contributed by atoms with Crippen LogP contribution in [0.5, 0.6) is 0 Å². The Hall–Kier alpha value is -1.92. The lowest BCUT2D eigenvalue weighted by atomic mass is 9.91. The van der Waals surface area contributed by atoms with E-state index in [0.29, 0.717) is 24.5 Å². The van der Waals surface area contributed by atoms with Crippen molar-refractivity contribution >= 4 is 29.3 Å². The SMILES string of the molecule is O=C(O)CNC(=O)C1CN(CC2(c3ccc(Cl)cc3)CC2)CCC1=O. The van der Waals surface area contributed by atoms with Crippen LogP contribution in [0.25, 0.3) is 0 Å². The molecule has 6 nitrogen and oxygen atoms in total. The third-order valence-electron chi connectivity index (χ3n) is 5.07. The Labute approximate surface area is 151 Å². The first kappa shape index (κ1) is 17.9. The number of nitrogens with zero attached hydrogens (tertiary/aromatic N) is 1.